The van der Waals surface area contributed by atoms with Gasteiger partial charge in [-0.15, -0.1) is 0 Å². The highest BCUT2D eigenvalue weighted by atomic mass is 16.3. The van der Waals surface area contributed by atoms with Gasteiger partial charge in [-0.3, -0.25) is 9.59 Å². The molecule has 0 saturated carbocycles. The fourth-order valence-electron chi connectivity index (χ4n) is 1.73. The molecule has 4 N–H and O–H groups in total. The summed E-state index contributed by atoms with van der Waals surface area (Å²) < 4.78 is 0. The third-order valence-corrected chi connectivity index (χ3v) is 2.83. The van der Waals surface area contributed by atoms with Crippen LogP contribution in [0.15, 0.2) is 23.1 Å². The third-order valence-electron chi connectivity index (χ3n) is 2.83. The van der Waals surface area contributed by atoms with Gasteiger partial charge < -0.3 is 20.5 Å². The van der Waals surface area contributed by atoms with E-state index in [2.05, 4.69) is 15.3 Å². The van der Waals surface area contributed by atoms with Crippen LogP contribution >= 0.6 is 0 Å². The number of pyridine rings is 2. The molecule has 7 heteroatoms. The van der Waals surface area contributed by atoms with Crippen LogP contribution in [-0.2, 0) is 0 Å². The highest BCUT2D eigenvalue weighted by molar-refractivity contribution is 6.01. The Labute approximate surface area is 114 Å². The first-order chi connectivity index (χ1) is 9.35. The van der Waals surface area contributed by atoms with Crippen LogP contribution in [0.4, 0.5) is 0 Å². The average Bonchev–Trinajstić information content (AvgIpc) is 2.38. The van der Waals surface area contributed by atoms with Gasteiger partial charge in [0.2, 0.25) is 0 Å². The molecule has 2 aromatic rings. The second kappa shape index (κ2) is 4.93. The van der Waals surface area contributed by atoms with Gasteiger partial charge in [-0.05, 0) is 26.0 Å². The van der Waals surface area contributed by atoms with Gasteiger partial charge in [0.25, 0.3) is 11.5 Å². The zero-order valence-electron chi connectivity index (χ0n) is 11.1. The molecule has 1 amide bonds. The van der Waals surface area contributed by atoms with Crippen LogP contribution < -0.4 is 10.9 Å². The van der Waals surface area contributed by atoms with Gasteiger partial charge in [-0.25, -0.2) is 4.98 Å². The number of aromatic nitrogens is 2. The van der Waals surface area contributed by atoms with Crippen LogP contribution in [0, 0.1) is 0 Å². The lowest BCUT2D eigenvalue weighted by Gasteiger charge is -2.23. The van der Waals surface area contributed by atoms with Crippen molar-refractivity contribution < 1.29 is 15.0 Å². The average molecular weight is 277 g/mol. The maximum absolute atomic E-state index is 12.1. The van der Waals surface area contributed by atoms with Gasteiger partial charge in [0.05, 0.1) is 17.5 Å². The fraction of sp³-hybridized carbons (Fsp3) is 0.308. The molecule has 0 radical (unpaired) electrons. The standard InChI is InChI=1S/C13H15N3O4/c1-13(2,6-17)16-12(20)8-9(18)7-4-3-5-14-10(7)15-11(8)19/h3-5,17H,6H2,1-2H3,(H,16,20)(H2,14,15,18,19). The predicted octanol–water partition coefficient (Wildman–Crippen LogP) is 0.129. The van der Waals surface area contributed by atoms with E-state index in [1.165, 1.54) is 6.20 Å². The number of carbonyl (C=O) groups is 1. The van der Waals surface area contributed by atoms with Crippen molar-refractivity contribution in [2.75, 3.05) is 6.61 Å². The number of rotatable bonds is 3. The second-order valence-electron chi connectivity index (χ2n) is 5.07. The van der Waals surface area contributed by atoms with E-state index in [0.717, 1.165) is 0 Å². The van der Waals surface area contributed by atoms with E-state index < -0.39 is 28.3 Å². The molecule has 0 atom stereocenters. The summed E-state index contributed by atoms with van der Waals surface area (Å²) in [6, 6.07) is 3.13. The number of nitrogens with zero attached hydrogens (tertiary/aromatic N) is 1. The fourth-order valence-corrected chi connectivity index (χ4v) is 1.73. The van der Waals surface area contributed by atoms with Gasteiger partial charge in [0, 0.05) is 6.20 Å². The van der Waals surface area contributed by atoms with Crippen molar-refractivity contribution in [1.82, 2.24) is 15.3 Å². The summed E-state index contributed by atoms with van der Waals surface area (Å²) in [6.45, 7) is 2.89. The largest absolute Gasteiger partial charge is 0.506 e. The lowest BCUT2D eigenvalue weighted by Crippen LogP contribution is -2.47. The van der Waals surface area contributed by atoms with Crippen molar-refractivity contribution >= 4 is 16.9 Å². The van der Waals surface area contributed by atoms with Gasteiger partial charge >= 0.3 is 0 Å². The Bertz CT molecular complexity index is 721. The summed E-state index contributed by atoms with van der Waals surface area (Å²) in [5, 5.41) is 22.0. The molecule has 2 rings (SSSR count). The molecule has 0 aliphatic carbocycles. The van der Waals surface area contributed by atoms with Crippen molar-refractivity contribution in [3.63, 3.8) is 0 Å². The number of aliphatic hydroxyl groups excluding tert-OH is 1. The van der Waals surface area contributed by atoms with E-state index in [0.29, 0.717) is 0 Å². The minimum absolute atomic E-state index is 0.202. The van der Waals surface area contributed by atoms with E-state index in [1.807, 2.05) is 0 Å². The summed E-state index contributed by atoms with van der Waals surface area (Å²) in [6.07, 6.45) is 1.46. The van der Waals surface area contributed by atoms with Crippen LogP contribution in [0.3, 0.4) is 0 Å². The van der Waals surface area contributed by atoms with Crippen LogP contribution in [0.1, 0.15) is 24.2 Å². The zero-order chi connectivity index (χ0) is 14.9. The molecule has 106 valence electrons. The van der Waals surface area contributed by atoms with Crippen molar-refractivity contribution in [3.05, 3.63) is 34.2 Å². The molecule has 0 unspecified atom stereocenters. The Hall–Kier alpha value is -2.41. The summed E-state index contributed by atoms with van der Waals surface area (Å²) in [5.41, 5.74) is -1.83. The first-order valence-corrected chi connectivity index (χ1v) is 5.99. The van der Waals surface area contributed by atoms with Crippen molar-refractivity contribution in [1.29, 1.82) is 0 Å². The Morgan fingerprint density at radius 3 is 2.85 bits per heavy atom. The predicted molar refractivity (Wildman–Crippen MR) is 72.7 cm³/mol. The number of hydrogen-bond donors (Lipinski definition) is 4. The number of aromatic amines is 1. The quantitative estimate of drug-likeness (QED) is 0.636. The number of aliphatic hydroxyl groups is 1. The molecular formula is C13H15N3O4. The number of carbonyl (C=O) groups excluding carboxylic acids is 1. The molecule has 2 heterocycles. The molecule has 7 nitrogen and oxygen atoms in total. The number of fused-ring (bicyclic) bond motifs is 1. The molecule has 0 spiro atoms. The normalized spacial score (nSPS) is 11.6. The lowest BCUT2D eigenvalue weighted by molar-refractivity contribution is 0.0865. The minimum Gasteiger partial charge on any atom is -0.506 e. The molecule has 0 saturated heterocycles. The topological polar surface area (TPSA) is 115 Å². The first-order valence-electron chi connectivity index (χ1n) is 5.99. The number of amides is 1. The van der Waals surface area contributed by atoms with E-state index in [1.54, 1.807) is 26.0 Å². The van der Waals surface area contributed by atoms with Crippen LogP contribution in [-0.4, -0.2) is 38.2 Å². The van der Waals surface area contributed by atoms with Crippen LogP contribution in [0.25, 0.3) is 11.0 Å². The van der Waals surface area contributed by atoms with E-state index >= 15 is 0 Å². The van der Waals surface area contributed by atoms with E-state index in [-0.39, 0.29) is 17.6 Å². The highest BCUT2D eigenvalue weighted by Gasteiger charge is 2.25. The Kier molecular flexibility index (Phi) is 3.46. The summed E-state index contributed by atoms with van der Waals surface area (Å²) >= 11 is 0. The molecule has 0 fully saturated rings. The first kappa shape index (κ1) is 14.0. The highest BCUT2D eigenvalue weighted by Crippen LogP contribution is 2.23. The van der Waals surface area contributed by atoms with Gasteiger partial charge in [-0.2, -0.15) is 0 Å². The van der Waals surface area contributed by atoms with Crippen LogP contribution in [0.2, 0.25) is 0 Å². The minimum atomic E-state index is -0.903. The smallest absolute Gasteiger partial charge is 0.266 e. The molecule has 2 aromatic heterocycles. The Morgan fingerprint density at radius 2 is 2.20 bits per heavy atom. The van der Waals surface area contributed by atoms with Gasteiger partial charge in [0.15, 0.2) is 0 Å². The Balaban J connectivity index is 2.55. The molecule has 20 heavy (non-hydrogen) atoms. The number of H-pyrrole nitrogens is 1. The van der Waals surface area contributed by atoms with E-state index in [9.17, 15) is 14.7 Å². The Morgan fingerprint density at radius 1 is 1.50 bits per heavy atom. The third kappa shape index (κ3) is 2.48. The molecule has 0 aliphatic heterocycles. The van der Waals surface area contributed by atoms with Gasteiger partial charge in [-0.1, -0.05) is 0 Å². The monoisotopic (exact) mass is 277 g/mol. The van der Waals surface area contributed by atoms with Crippen molar-refractivity contribution in [2.45, 2.75) is 19.4 Å². The molecule has 0 bridgehead atoms. The molecule has 0 aromatic carbocycles. The van der Waals surface area contributed by atoms with Gasteiger partial charge in [0.1, 0.15) is 17.0 Å². The van der Waals surface area contributed by atoms with Crippen molar-refractivity contribution in [3.8, 4) is 5.75 Å². The second-order valence-corrected chi connectivity index (χ2v) is 5.07. The number of aromatic hydroxyl groups is 1. The lowest BCUT2D eigenvalue weighted by atomic mass is 10.1. The molecular weight excluding hydrogens is 262 g/mol. The summed E-state index contributed by atoms with van der Waals surface area (Å²) in [7, 11) is 0. The van der Waals surface area contributed by atoms with E-state index in [4.69, 9.17) is 5.11 Å². The van der Waals surface area contributed by atoms with Crippen molar-refractivity contribution in [2.24, 2.45) is 0 Å². The zero-order valence-corrected chi connectivity index (χ0v) is 11.1. The summed E-state index contributed by atoms with van der Waals surface area (Å²) in [4.78, 5) is 30.3. The molecule has 0 aliphatic rings. The van der Waals surface area contributed by atoms with Crippen LogP contribution in [0.5, 0.6) is 5.75 Å². The summed E-state index contributed by atoms with van der Waals surface area (Å²) in [5.74, 6) is -1.18. The number of hydrogen-bond acceptors (Lipinski definition) is 5. The number of nitrogens with one attached hydrogen (secondary N) is 2. The maximum Gasteiger partial charge on any atom is 0.266 e. The SMILES string of the molecule is CC(C)(CO)NC(=O)c1c(O)c2cccnc2[nH]c1=O. The maximum atomic E-state index is 12.1.